The molecule has 1 aliphatic rings. The van der Waals surface area contributed by atoms with Gasteiger partial charge in [-0.3, -0.25) is 4.99 Å². The molecule has 0 amide bonds. The highest BCUT2D eigenvalue weighted by atomic mass is 19.4. The third kappa shape index (κ3) is 2.65. The fourth-order valence-corrected chi connectivity index (χ4v) is 2.19. The Labute approximate surface area is 118 Å². The number of hydrogen-bond acceptors (Lipinski definition) is 4. The van der Waals surface area contributed by atoms with Crippen LogP contribution in [0, 0.1) is 5.82 Å². The molecule has 0 spiro atoms. The minimum absolute atomic E-state index is 0.186. The number of rotatable bonds is 1. The van der Waals surface area contributed by atoms with Crippen LogP contribution >= 0.6 is 0 Å². The highest BCUT2D eigenvalue weighted by Gasteiger charge is 2.56. The zero-order valence-corrected chi connectivity index (χ0v) is 11.2. The summed E-state index contributed by atoms with van der Waals surface area (Å²) in [5, 5.41) is 0. The highest BCUT2D eigenvalue weighted by Crippen LogP contribution is 2.43. The van der Waals surface area contributed by atoms with Crippen molar-refractivity contribution in [3.05, 3.63) is 29.4 Å². The molecule has 1 aromatic heterocycles. The third-order valence-electron chi connectivity index (χ3n) is 3.25. The first kappa shape index (κ1) is 15.5. The molecule has 1 aliphatic heterocycles. The van der Waals surface area contributed by atoms with Gasteiger partial charge in [-0.25, -0.2) is 4.39 Å². The summed E-state index contributed by atoms with van der Waals surface area (Å²) in [6, 6.07) is 1.90. The first-order valence-corrected chi connectivity index (χ1v) is 6.01. The largest absolute Gasteiger partial charge is 0.482 e. The van der Waals surface area contributed by atoms with Crippen LogP contribution in [0.2, 0.25) is 0 Å². The molecule has 9 heteroatoms. The number of hydrogen-bond donors (Lipinski definition) is 1. The van der Waals surface area contributed by atoms with Crippen molar-refractivity contribution in [3.8, 4) is 0 Å². The van der Waals surface area contributed by atoms with E-state index in [2.05, 4.69) is 9.98 Å². The molecule has 21 heavy (non-hydrogen) atoms. The fourth-order valence-electron chi connectivity index (χ4n) is 2.19. The Balaban J connectivity index is 2.66. The van der Waals surface area contributed by atoms with E-state index in [0.29, 0.717) is 0 Å². The van der Waals surface area contributed by atoms with E-state index in [1.54, 1.807) is 0 Å². The Hall–Kier alpha value is -1.90. The van der Waals surface area contributed by atoms with E-state index >= 15 is 0 Å². The van der Waals surface area contributed by atoms with Crippen molar-refractivity contribution < 1.29 is 22.3 Å². The van der Waals surface area contributed by atoms with Crippen molar-refractivity contribution in [1.82, 2.24) is 4.98 Å². The van der Waals surface area contributed by atoms with E-state index in [4.69, 9.17) is 16.2 Å². The molecule has 0 aliphatic carbocycles. The molecule has 5 nitrogen and oxygen atoms in total. The summed E-state index contributed by atoms with van der Waals surface area (Å²) in [6.45, 7) is 2.36. The van der Waals surface area contributed by atoms with Crippen molar-refractivity contribution in [1.29, 1.82) is 0 Å². The zero-order chi connectivity index (χ0) is 16.0. The predicted molar refractivity (Wildman–Crippen MR) is 67.5 cm³/mol. The van der Waals surface area contributed by atoms with Gasteiger partial charge in [0, 0.05) is 5.69 Å². The smallest absolute Gasteiger partial charge is 0.417 e. The number of aromatic nitrogens is 1. The molecule has 0 radical (unpaired) electrons. The standard InChI is InChI=1S/C12H13F4N4O/c1-5-9(18)20-11(2,10(21-5)12(14,15)16)8-6(13)3-4-7(17)19-8/h3-5,10H,1-2H3,(H3-,17,18,19,20)/q-1. The molecule has 2 rings (SSSR count). The molecule has 0 saturated carbocycles. The maximum atomic E-state index is 13.9. The quantitative estimate of drug-likeness (QED) is 0.810. The monoisotopic (exact) mass is 305 g/mol. The van der Waals surface area contributed by atoms with E-state index in [-0.39, 0.29) is 11.7 Å². The van der Waals surface area contributed by atoms with E-state index in [9.17, 15) is 17.6 Å². The van der Waals surface area contributed by atoms with Crippen LogP contribution in [-0.4, -0.2) is 29.2 Å². The van der Waals surface area contributed by atoms with Gasteiger partial charge in [0.25, 0.3) is 0 Å². The van der Waals surface area contributed by atoms with E-state index in [1.165, 1.54) is 6.92 Å². The molecule has 0 fully saturated rings. The van der Waals surface area contributed by atoms with Gasteiger partial charge in [-0.05, 0) is 19.9 Å². The zero-order valence-electron chi connectivity index (χ0n) is 11.2. The van der Waals surface area contributed by atoms with E-state index in [1.807, 2.05) is 0 Å². The Morgan fingerprint density at radius 1 is 1.38 bits per heavy atom. The summed E-state index contributed by atoms with van der Waals surface area (Å²) >= 11 is 0. The van der Waals surface area contributed by atoms with Crippen molar-refractivity contribution in [2.24, 2.45) is 10.7 Å². The van der Waals surface area contributed by atoms with Crippen LogP contribution in [0.1, 0.15) is 19.5 Å². The van der Waals surface area contributed by atoms with E-state index in [0.717, 1.165) is 19.1 Å². The lowest BCUT2D eigenvalue weighted by atomic mass is 9.88. The minimum Gasteiger partial charge on any atom is -0.482 e. The van der Waals surface area contributed by atoms with Gasteiger partial charge in [-0.2, -0.15) is 13.2 Å². The van der Waals surface area contributed by atoms with Gasteiger partial charge >= 0.3 is 6.18 Å². The van der Waals surface area contributed by atoms with Gasteiger partial charge < -0.3 is 21.2 Å². The summed E-state index contributed by atoms with van der Waals surface area (Å²) < 4.78 is 58.5. The lowest BCUT2D eigenvalue weighted by Crippen LogP contribution is -2.55. The maximum absolute atomic E-state index is 13.9. The number of nitrogens with two attached hydrogens (primary N) is 1. The molecule has 0 bridgehead atoms. The Bertz CT molecular complexity index is 589. The van der Waals surface area contributed by atoms with Gasteiger partial charge in [-0.1, -0.05) is 11.9 Å². The molecule has 0 aromatic carbocycles. The summed E-state index contributed by atoms with van der Waals surface area (Å²) in [7, 11) is 0. The van der Waals surface area contributed by atoms with Crippen LogP contribution in [0.4, 0.5) is 23.4 Å². The van der Waals surface area contributed by atoms with Crippen molar-refractivity contribution >= 4 is 11.7 Å². The summed E-state index contributed by atoms with van der Waals surface area (Å²) in [4.78, 5) is 7.32. The second kappa shape index (κ2) is 4.83. The highest BCUT2D eigenvalue weighted by molar-refractivity contribution is 5.85. The van der Waals surface area contributed by atoms with Crippen LogP contribution < -0.4 is 5.73 Å². The first-order valence-electron chi connectivity index (χ1n) is 6.01. The topological polar surface area (TPSA) is 84.3 Å². The van der Waals surface area contributed by atoms with Gasteiger partial charge in [0.2, 0.25) is 0 Å². The van der Waals surface area contributed by atoms with Crippen molar-refractivity contribution in [2.75, 3.05) is 0 Å². The van der Waals surface area contributed by atoms with Gasteiger partial charge in [0.1, 0.15) is 23.3 Å². The minimum atomic E-state index is -4.79. The number of amidine groups is 1. The Morgan fingerprint density at radius 3 is 2.57 bits per heavy atom. The molecule has 116 valence electrons. The second-order valence-corrected chi connectivity index (χ2v) is 4.91. The summed E-state index contributed by atoms with van der Waals surface area (Å²) in [5.41, 5.74) is 10.1. The number of aliphatic imine (C=N–C) groups is 1. The van der Waals surface area contributed by atoms with Crippen LogP contribution in [0.25, 0.3) is 5.73 Å². The Kier molecular flexibility index (Phi) is 3.56. The molecule has 1 aromatic rings. The predicted octanol–water partition coefficient (Wildman–Crippen LogP) is 2.83. The third-order valence-corrected chi connectivity index (χ3v) is 3.25. The number of alkyl halides is 3. The SMILES string of the molecule is CC1OC(C(F)(F)F)C(C)(c2nc([NH-])ccc2F)N=C1N. The number of nitrogens with zero attached hydrogens (tertiary/aromatic N) is 2. The molecule has 2 heterocycles. The van der Waals surface area contributed by atoms with Crippen molar-refractivity contribution in [3.63, 3.8) is 0 Å². The fraction of sp³-hybridized carbons (Fsp3) is 0.500. The lowest BCUT2D eigenvalue weighted by molar-refractivity contribution is -0.249. The average Bonchev–Trinajstić information content (AvgIpc) is 2.35. The Morgan fingerprint density at radius 2 is 2.00 bits per heavy atom. The summed E-state index contributed by atoms with van der Waals surface area (Å²) in [5.74, 6) is -1.56. The molecule has 3 atom stereocenters. The number of pyridine rings is 1. The van der Waals surface area contributed by atoms with Crippen molar-refractivity contribution in [2.45, 2.75) is 37.8 Å². The number of halogens is 4. The molecular formula is C12H13F4N4O-. The van der Waals surface area contributed by atoms with Crippen LogP contribution in [0.3, 0.4) is 0 Å². The average molecular weight is 305 g/mol. The van der Waals surface area contributed by atoms with Crippen LogP contribution in [0.15, 0.2) is 17.1 Å². The maximum Gasteiger partial charge on any atom is 0.417 e. The van der Waals surface area contributed by atoms with Crippen LogP contribution in [-0.2, 0) is 10.3 Å². The van der Waals surface area contributed by atoms with Gasteiger partial charge in [0.05, 0.1) is 0 Å². The number of ether oxygens (including phenoxy) is 1. The first-order chi connectivity index (χ1) is 9.55. The van der Waals surface area contributed by atoms with Crippen LogP contribution in [0.5, 0.6) is 0 Å². The number of nitrogens with one attached hydrogen (secondary N) is 1. The molecule has 3 N–H and O–H groups in total. The lowest BCUT2D eigenvalue weighted by Gasteiger charge is -2.42. The molecule has 3 unspecified atom stereocenters. The normalized spacial score (nSPS) is 30.1. The molecule has 0 saturated heterocycles. The van der Waals surface area contributed by atoms with Gasteiger partial charge in [-0.15, -0.1) is 0 Å². The summed E-state index contributed by atoms with van der Waals surface area (Å²) in [6.07, 6.45) is -8.25. The molecular weight excluding hydrogens is 292 g/mol. The van der Waals surface area contributed by atoms with Gasteiger partial charge in [0.15, 0.2) is 6.10 Å². The van der Waals surface area contributed by atoms with E-state index < -0.39 is 35.4 Å². The second-order valence-electron chi connectivity index (χ2n) is 4.91.